The van der Waals surface area contributed by atoms with Crippen LogP contribution in [0.2, 0.25) is 0 Å². The van der Waals surface area contributed by atoms with Gasteiger partial charge in [-0.25, -0.2) is 9.97 Å². The number of nitrogens with zero attached hydrogens (tertiary/aromatic N) is 6. The Balaban J connectivity index is 0.000000241. The molecule has 0 aliphatic heterocycles. The van der Waals surface area contributed by atoms with Gasteiger partial charge in [-0.1, -0.05) is 121 Å². The molecule has 6 aromatic carbocycles. The van der Waals surface area contributed by atoms with Gasteiger partial charge in [0.15, 0.2) is 0 Å². The van der Waals surface area contributed by atoms with Crippen LogP contribution >= 0.6 is 0 Å². The molecule has 0 atom stereocenters. The molecule has 0 aliphatic rings. The first-order chi connectivity index (χ1) is 32.5. The van der Waals surface area contributed by atoms with Crippen LogP contribution in [0.25, 0.3) is 10.8 Å². The summed E-state index contributed by atoms with van der Waals surface area (Å²) in [5.74, 6) is -0.873. The zero-order chi connectivity index (χ0) is 49.1. The molecule has 70 heavy (non-hydrogen) atoms. The van der Waals surface area contributed by atoms with Gasteiger partial charge >= 0.3 is 33.6 Å². The van der Waals surface area contributed by atoms with Crippen molar-refractivity contribution in [2.24, 2.45) is 20.0 Å². The predicted octanol–water partition coefficient (Wildman–Crippen LogP) is 14.2. The van der Waals surface area contributed by atoms with Gasteiger partial charge in [-0.2, -0.15) is 0 Å². The number of hydrogen-bond donors (Lipinski definition) is 0. The second kappa shape index (κ2) is 25.7. The largest absolute Gasteiger partial charge is 1.00 e. The summed E-state index contributed by atoms with van der Waals surface area (Å²) >= 11 is 0. The summed E-state index contributed by atoms with van der Waals surface area (Å²) in [7, 11) is 0. The first-order valence-corrected chi connectivity index (χ1v) is 22.8. The molecule has 0 radical (unpaired) electrons. The average molecular weight is 1020 g/mol. The standard InChI is InChI=1S/2C25H27N3.C10H8O2.2Co/c2*1-16-10-7-11-17(2)24(16)26-20(5)22-14-9-15-23(28-22)21(6)27-25-18(3)12-8-13-19(25)4;11-9-5-7-3-1-2-4-8(7)6-10(9)12;;/h2*7-15H,1-6H3;1-6,11-12H;;/q;;;2*+1/p-2. The van der Waals surface area contributed by atoms with Crippen LogP contribution in [0.1, 0.15) is 95.0 Å². The van der Waals surface area contributed by atoms with Gasteiger partial charge in [-0.05, 0) is 163 Å². The quantitative estimate of drug-likeness (QED) is 0.141. The van der Waals surface area contributed by atoms with Gasteiger partial charge in [0.25, 0.3) is 0 Å². The Hall–Kier alpha value is -6.83. The molecule has 0 bridgehead atoms. The molecule has 0 N–H and O–H groups in total. The molecular weight excluding hydrogens is 955 g/mol. The molecule has 0 amide bonds. The van der Waals surface area contributed by atoms with Crippen LogP contribution in [0.15, 0.2) is 166 Å². The van der Waals surface area contributed by atoms with E-state index in [9.17, 15) is 10.2 Å². The molecule has 8 nitrogen and oxygen atoms in total. The number of aliphatic imine (C=N–C) groups is 4. The summed E-state index contributed by atoms with van der Waals surface area (Å²) in [5.41, 5.74) is 20.5. The molecule has 2 heterocycles. The molecule has 8 rings (SSSR count). The summed E-state index contributed by atoms with van der Waals surface area (Å²) in [6.45, 7) is 24.7. The number of benzene rings is 6. The van der Waals surface area contributed by atoms with Crippen LogP contribution < -0.4 is 10.2 Å². The second-order valence-corrected chi connectivity index (χ2v) is 17.2. The Labute approximate surface area is 435 Å². The Kier molecular flexibility index (Phi) is 20.5. The Morgan fingerprint density at radius 1 is 0.314 bits per heavy atom. The maximum atomic E-state index is 10.9. The van der Waals surface area contributed by atoms with E-state index in [1.165, 1.54) is 56.6 Å². The van der Waals surface area contributed by atoms with Gasteiger partial charge in [0.1, 0.15) is 0 Å². The Morgan fingerprint density at radius 3 is 0.729 bits per heavy atom. The van der Waals surface area contributed by atoms with Crippen LogP contribution in [0.4, 0.5) is 22.7 Å². The number of aryl methyl sites for hydroxylation is 8. The fourth-order valence-corrected chi connectivity index (χ4v) is 7.70. The number of para-hydroxylation sites is 4. The fourth-order valence-electron chi connectivity index (χ4n) is 7.70. The first-order valence-electron chi connectivity index (χ1n) is 22.8. The third kappa shape index (κ3) is 14.4. The summed E-state index contributed by atoms with van der Waals surface area (Å²) in [6.07, 6.45) is 0. The smallest absolute Gasteiger partial charge is 0.873 e. The van der Waals surface area contributed by atoms with E-state index in [4.69, 9.17) is 29.9 Å². The molecule has 0 unspecified atom stereocenters. The van der Waals surface area contributed by atoms with Gasteiger partial charge in [-0.3, -0.25) is 20.0 Å². The molecule has 8 aromatic rings. The van der Waals surface area contributed by atoms with Gasteiger partial charge < -0.3 is 10.2 Å². The molecule has 0 spiro atoms. The molecular formula is C60H60Co2N6O2. The SMILES string of the molecule is CC(=Nc1c(C)cccc1C)c1cccc(C(C)=Nc2c(C)cccc2C)n1.CC(=Nc1c(C)cccc1C)c1cccc(C(C)=Nc2c(C)cccc2C)n1.[Co+].[Co+].[O-]c1cc2ccccc2cc1[O-]. The van der Waals surface area contributed by atoms with Crippen LogP contribution in [-0.4, -0.2) is 32.8 Å². The molecule has 0 saturated heterocycles. The summed E-state index contributed by atoms with van der Waals surface area (Å²) in [5, 5.41) is 23.5. The van der Waals surface area contributed by atoms with Gasteiger partial charge in [0.05, 0.1) is 68.4 Å². The van der Waals surface area contributed by atoms with E-state index in [-0.39, 0.29) is 33.6 Å². The van der Waals surface area contributed by atoms with Gasteiger partial charge in [0, 0.05) is 0 Å². The van der Waals surface area contributed by atoms with E-state index in [0.717, 1.165) is 79.1 Å². The third-order valence-corrected chi connectivity index (χ3v) is 11.7. The molecule has 2 aromatic heterocycles. The molecule has 0 fully saturated rings. The van der Waals surface area contributed by atoms with Crippen molar-refractivity contribution in [3.63, 3.8) is 0 Å². The zero-order valence-electron chi connectivity index (χ0n) is 42.0. The van der Waals surface area contributed by atoms with E-state index in [1.807, 2.05) is 88.4 Å². The molecule has 10 heteroatoms. The van der Waals surface area contributed by atoms with Crippen LogP contribution in [-0.2, 0) is 33.6 Å². The summed E-state index contributed by atoms with van der Waals surface area (Å²) < 4.78 is 0. The minimum atomic E-state index is -0.436. The van der Waals surface area contributed by atoms with Crippen molar-refractivity contribution in [1.82, 2.24) is 9.97 Å². The topological polar surface area (TPSA) is 121 Å². The number of rotatable bonds is 8. The normalized spacial score (nSPS) is 11.7. The maximum Gasteiger partial charge on any atom is 1.00 e. The van der Waals surface area contributed by atoms with Crippen molar-refractivity contribution in [3.05, 3.63) is 213 Å². The number of hydrogen-bond acceptors (Lipinski definition) is 8. The van der Waals surface area contributed by atoms with Crippen molar-refractivity contribution in [3.8, 4) is 11.5 Å². The van der Waals surface area contributed by atoms with E-state index < -0.39 is 11.5 Å². The number of pyridine rings is 2. The van der Waals surface area contributed by atoms with E-state index in [2.05, 4.69) is 128 Å². The second-order valence-electron chi connectivity index (χ2n) is 17.2. The monoisotopic (exact) mass is 1010 g/mol. The van der Waals surface area contributed by atoms with Crippen molar-refractivity contribution >= 4 is 56.4 Å². The van der Waals surface area contributed by atoms with Crippen LogP contribution in [0.5, 0.6) is 11.5 Å². The Bertz CT molecular complexity index is 2780. The van der Waals surface area contributed by atoms with E-state index in [0.29, 0.717) is 0 Å². The Morgan fingerprint density at radius 2 is 0.514 bits per heavy atom. The summed E-state index contributed by atoms with van der Waals surface area (Å²) in [4.78, 5) is 29.1. The number of fused-ring (bicyclic) bond motifs is 1. The van der Waals surface area contributed by atoms with Crippen molar-refractivity contribution < 1.29 is 43.8 Å². The summed E-state index contributed by atoms with van der Waals surface area (Å²) in [6, 6.07) is 47.0. The first kappa shape index (κ1) is 55.8. The van der Waals surface area contributed by atoms with Gasteiger partial charge in [0.2, 0.25) is 0 Å². The molecule has 360 valence electrons. The minimum Gasteiger partial charge on any atom is -0.873 e. The molecule has 0 aliphatic carbocycles. The zero-order valence-corrected chi connectivity index (χ0v) is 44.1. The van der Waals surface area contributed by atoms with Crippen LogP contribution in [0, 0.1) is 55.4 Å². The average Bonchev–Trinajstić information content (AvgIpc) is 3.32. The van der Waals surface area contributed by atoms with Crippen LogP contribution in [0.3, 0.4) is 0 Å². The fraction of sp³-hybridized carbons (Fsp3) is 0.200. The number of aromatic nitrogens is 2. The third-order valence-electron chi connectivity index (χ3n) is 11.7. The van der Waals surface area contributed by atoms with E-state index in [1.54, 1.807) is 0 Å². The van der Waals surface area contributed by atoms with Crippen molar-refractivity contribution in [2.45, 2.75) is 83.1 Å². The molecule has 0 saturated carbocycles. The van der Waals surface area contributed by atoms with Crippen molar-refractivity contribution in [1.29, 1.82) is 0 Å². The minimum absolute atomic E-state index is 0. The van der Waals surface area contributed by atoms with Crippen molar-refractivity contribution in [2.75, 3.05) is 0 Å². The van der Waals surface area contributed by atoms with E-state index >= 15 is 0 Å². The predicted molar refractivity (Wildman–Crippen MR) is 282 cm³/mol. The van der Waals surface area contributed by atoms with Gasteiger partial charge in [-0.15, -0.1) is 11.5 Å². The maximum absolute atomic E-state index is 10.9.